The van der Waals surface area contributed by atoms with Gasteiger partial charge < -0.3 is 0 Å². The smallest absolute Gasteiger partial charge is 0.0408 e. The van der Waals surface area contributed by atoms with Gasteiger partial charge in [0.2, 0.25) is 0 Å². The van der Waals surface area contributed by atoms with E-state index in [1.807, 2.05) is 0 Å². The van der Waals surface area contributed by atoms with E-state index in [1.165, 1.54) is 23.9 Å². The molecule has 0 heterocycles. The quantitative estimate of drug-likeness (QED) is 0.499. The fourth-order valence-corrected chi connectivity index (χ4v) is 4.10. The topological polar surface area (TPSA) is 0 Å². The summed E-state index contributed by atoms with van der Waals surface area (Å²) in [6, 6.07) is 19.6. The van der Waals surface area contributed by atoms with Crippen molar-refractivity contribution in [3.8, 4) is 0 Å². The SMILES string of the molecule is IC1=C(I)C(c2ccccc2)c2ccccc2C1. The van der Waals surface area contributed by atoms with Crippen molar-refractivity contribution >= 4 is 45.2 Å². The maximum absolute atomic E-state index is 2.52. The fourth-order valence-electron chi connectivity index (χ4n) is 2.49. The minimum atomic E-state index is 0.420. The Hall–Kier alpha value is -0.360. The third kappa shape index (κ3) is 2.25. The van der Waals surface area contributed by atoms with E-state index in [0.29, 0.717) is 5.92 Å². The highest BCUT2D eigenvalue weighted by atomic mass is 127. The molecule has 90 valence electrons. The van der Waals surface area contributed by atoms with Crippen LogP contribution in [-0.2, 0) is 6.42 Å². The van der Waals surface area contributed by atoms with Crippen LogP contribution < -0.4 is 0 Å². The number of rotatable bonds is 1. The van der Waals surface area contributed by atoms with Crippen molar-refractivity contribution in [2.75, 3.05) is 0 Å². The molecule has 18 heavy (non-hydrogen) atoms. The van der Waals surface area contributed by atoms with E-state index >= 15 is 0 Å². The Balaban J connectivity index is 2.19. The second-order valence-corrected chi connectivity index (χ2v) is 6.94. The maximum Gasteiger partial charge on any atom is 0.0408 e. The number of halogens is 2. The minimum Gasteiger partial charge on any atom is -0.0622 e. The van der Waals surface area contributed by atoms with Crippen LogP contribution in [0.4, 0.5) is 0 Å². The van der Waals surface area contributed by atoms with Crippen LogP contribution in [0.3, 0.4) is 0 Å². The molecule has 1 aliphatic carbocycles. The summed E-state index contributed by atoms with van der Waals surface area (Å²) >= 11 is 5.01. The Labute approximate surface area is 135 Å². The van der Waals surface area contributed by atoms with Crippen LogP contribution in [0.25, 0.3) is 0 Å². The van der Waals surface area contributed by atoms with E-state index < -0.39 is 0 Å². The number of hydrogen-bond acceptors (Lipinski definition) is 0. The van der Waals surface area contributed by atoms with Gasteiger partial charge in [-0.25, -0.2) is 0 Å². The predicted molar refractivity (Wildman–Crippen MR) is 93.5 cm³/mol. The molecule has 1 aliphatic rings. The first-order valence-electron chi connectivity index (χ1n) is 5.94. The van der Waals surface area contributed by atoms with Gasteiger partial charge in [-0.15, -0.1) is 0 Å². The molecular formula is C16H12I2. The van der Waals surface area contributed by atoms with Gasteiger partial charge in [0.1, 0.15) is 0 Å². The van der Waals surface area contributed by atoms with Gasteiger partial charge in [-0.3, -0.25) is 0 Å². The number of fused-ring (bicyclic) bond motifs is 1. The summed E-state index contributed by atoms with van der Waals surface area (Å²) in [4.78, 5) is 0. The van der Waals surface area contributed by atoms with Crippen molar-refractivity contribution in [1.82, 2.24) is 0 Å². The molecule has 0 amide bonds. The van der Waals surface area contributed by atoms with Crippen molar-refractivity contribution in [2.45, 2.75) is 12.3 Å². The highest BCUT2D eigenvalue weighted by molar-refractivity contribution is 14.1. The van der Waals surface area contributed by atoms with E-state index in [-0.39, 0.29) is 0 Å². The maximum atomic E-state index is 2.52. The Morgan fingerprint density at radius 3 is 2.28 bits per heavy atom. The molecule has 2 heteroatoms. The second-order valence-electron chi connectivity index (χ2n) is 4.47. The molecule has 2 aromatic rings. The van der Waals surface area contributed by atoms with Crippen molar-refractivity contribution < 1.29 is 0 Å². The Bertz CT molecular complexity index is 600. The molecule has 0 saturated heterocycles. The number of hydrogen-bond donors (Lipinski definition) is 0. The third-order valence-corrected chi connectivity index (χ3v) is 6.63. The van der Waals surface area contributed by atoms with Gasteiger partial charge in [0.15, 0.2) is 0 Å². The molecular weight excluding hydrogens is 446 g/mol. The largest absolute Gasteiger partial charge is 0.0622 e. The minimum absolute atomic E-state index is 0.420. The van der Waals surface area contributed by atoms with Gasteiger partial charge in [0.05, 0.1) is 0 Å². The molecule has 0 N–H and O–H groups in total. The monoisotopic (exact) mass is 458 g/mol. The van der Waals surface area contributed by atoms with Gasteiger partial charge in [0.25, 0.3) is 0 Å². The molecule has 0 fully saturated rings. The summed E-state index contributed by atoms with van der Waals surface area (Å²) < 4.78 is 2.94. The average molecular weight is 458 g/mol. The highest BCUT2D eigenvalue weighted by Crippen LogP contribution is 2.45. The molecule has 2 aromatic carbocycles. The van der Waals surface area contributed by atoms with Crippen molar-refractivity contribution in [3.63, 3.8) is 0 Å². The van der Waals surface area contributed by atoms with Crippen LogP contribution in [0.2, 0.25) is 0 Å². The van der Waals surface area contributed by atoms with E-state index in [0.717, 1.165) is 6.42 Å². The molecule has 0 nitrogen and oxygen atoms in total. The van der Waals surface area contributed by atoms with Gasteiger partial charge in [-0.1, -0.05) is 54.6 Å². The van der Waals surface area contributed by atoms with E-state index in [2.05, 4.69) is 99.8 Å². The molecule has 0 radical (unpaired) electrons. The molecule has 1 atom stereocenters. The Morgan fingerprint density at radius 1 is 0.833 bits per heavy atom. The molecule has 1 unspecified atom stereocenters. The van der Waals surface area contributed by atoms with Crippen molar-refractivity contribution in [1.29, 1.82) is 0 Å². The lowest BCUT2D eigenvalue weighted by Gasteiger charge is -2.26. The molecule has 0 aliphatic heterocycles. The normalized spacial score (nSPS) is 18.7. The standard InChI is InChI=1S/C16H12I2/c17-14-10-12-8-4-5-9-13(12)15(16(14)18)11-6-2-1-3-7-11/h1-9,15H,10H2. The van der Waals surface area contributed by atoms with Crippen LogP contribution in [0.1, 0.15) is 22.6 Å². The molecule has 0 bridgehead atoms. The van der Waals surface area contributed by atoms with E-state index in [1.54, 1.807) is 0 Å². The lowest BCUT2D eigenvalue weighted by atomic mass is 9.83. The summed E-state index contributed by atoms with van der Waals surface area (Å²) in [6.07, 6.45) is 1.08. The van der Waals surface area contributed by atoms with Crippen LogP contribution in [0.15, 0.2) is 61.8 Å². The van der Waals surface area contributed by atoms with Crippen LogP contribution in [0.5, 0.6) is 0 Å². The zero-order valence-corrected chi connectivity index (χ0v) is 14.1. The highest BCUT2D eigenvalue weighted by Gasteiger charge is 2.26. The van der Waals surface area contributed by atoms with Crippen molar-refractivity contribution in [2.24, 2.45) is 0 Å². The molecule has 3 rings (SSSR count). The summed E-state index contributed by atoms with van der Waals surface area (Å²) in [6.45, 7) is 0. The molecule has 0 saturated carbocycles. The fraction of sp³-hybridized carbons (Fsp3) is 0.125. The molecule has 0 spiro atoms. The summed E-state index contributed by atoms with van der Waals surface area (Å²) in [5.41, 5.74) is 4.33. The zero-order chi connectivity index (χ0) is 12.5. The van der Waals surface area contributed by atoms with Crippen LogP contribution in [0, 0.1) is 0 Å². The lowest BCUT2D eigenvalue weighted by Crippen LogP contribution is -2.11. The van der Waals surface area contributed by atoms with Crippen molar-refractivity contribution in [3.05, 3.63) is 78.4 Å². The Kier molecular flexibility index (Phi) is 3.75. The van der Waals surface area contributed by atoms with Gasteiger partial charge in [-0.05, 0) is 61.9 Å². The summed E-state index contributed by atoms with van der Waals surface area (Å²) in [5.74, 6) is 0.420. The van der Waals surface area contributed by atoms with Gasteiger partial charge in [0, 0.05) is 19.5 Å². The first-order chi connectivity index (χ1) is 8.77. The number of benzene rings is 2. The van der Waals surface area contributed by atoms with E-state index in [9.17, 15) is 0 Å². The van der Waals surface area contributed by atoms with Gasteiger partial charge >= 0.3 is 0 Å². The summed E-state index contributed by atoms with van der Waals surface area (Å²) in [5, 5.41) is 0. The van der Waals surface area contributed by atoms with Crippen LogP contribution in [-0.4, -0.2) is 0 Å². The van der Waals surface area contributed by atoms with Crippen LogP contribution >= 0.6 is 45.2 Å². The van der Waals surface area contributed by atoms with E-state index in [4.69, 9.17) is 0 Å². The molecule has 0 aromatic heterocycles. The third-order valence-electron chi connectivity index (χ3n) is 3.36. The first kappa shape index (κ1) is 12.7. The first-order valence-corrected chi connectivity index (χ1v) is 8.10. The van der Waals surface area contributed by atoms with Gasteiger partial charge in [-0.2, -0.15) is 0 Å². The predicted octanol–water partition coefficient (Wildman–Crippen LogP) is 5.46. The lowest BCUT2D eigenvalue weighted by molar-refractivity contribution is 0.943. The number of allylic oxidation sites excluding steroid dienone is 2. The second kappa shape index (κ2) is 5.33. The summed E-state index contributed by atoms with van der Waals surface area (Å²) in [7, 11) is 0. The zero-order valence-electron chi connectivity index (χ0n) is 9.74. The Morgan fingerprint density at radius 2 is 1.50 bits per heavy atom. The average Bonchev–Trinajstić information content (AvgIpc) is 2.41.